The van der Waals surface area contributed by atoms with E-state index in [2.05, 4.69) is 0 Å². The molecule has 13 heavy (non-hydrogen) atoms. The van der Waals surface area contributed by atoms with Crippen LogP contribution in [0.5, 0.6) is 0 Å². The van der Waals surface area contributed by atoms with Gasteiger partial charge in [-0.15, -0.1) is 0 Å². The van der Waals surface area contributed by atoms with Crippen molar-refractivity contribution in [1.29, 1.82) is 0 Å². The number of carbonyl (C=O) groups excluding carboxylic acids is 1. The van der Waals surface area contributed by atoms with Gasteiger partial charge >= 0.3 is 0 Å². The van der Waals surface area contributed by atoms with Crippen LogP contribution in [0.1, 0.15) is 52.4 Å². The van der Waals surface area contributed by atoms with E-state index < -0.39 is 5.92 Å². The molecule has 0 spiro atoms. The Kier molecular flexibility index (Phi) is 5.84. The Morgan fingerprint density at radius 3 is 2.31 bits per heavy atom. The van der Waals surface area contributed by atoms with E-state index in [1.54, 1.807) is 6.92 Å². The Balaban J connectivity index is 3.41. The minimum atomic E-state index is -2.53. The highest BCUT2D eigenvalue weighted by Gasteiger charge is 2.24. The van der Waals surface area contributed by atoms with Gasteiger partial charge in [0, 0.05) is 25.7 Å². The van der Waals surface area contributed by atoms with Gasteiger partial charge in [-0.2, -0.15) is 0 Å². The number of rotatable bonds is 7. The number of halogens is 2. The molecule has 0 bridgehead atoms. The smallest absolute Gasteiger partial charge is 0.247 e. The molecule has 0 atom stereocenters. The fourth-order valence-electron chi connectivity index (χ4n) is 1.06. The number of unbranched alkanes of at least 4 members (excludes halogenated alkanes) is 1. The lowest BCUT2D eigenvalue weighted by Gasteiger charge is -2.12. The Bertz CT molecular complexity index is 155. The zero-order valence-corrected chi connectivity index (χ0v) is 8.41. The number of Topliss-reactive ketones (excluding diaryl/α,β-unsaturated/α-hetero) is 1. The van der Waals surface area contributed by atoms with Crippen LogP contribution in [0.4, 0.5) is 8.78 Å². The van der Waals surface area contributed by atoms with E-state index in [1.807, 2.05) is 0 Å². The molecule has 3 heteroatoms. The molecule has 0 saturated carbocycles. The molecule has 0 saturated heterocycles. The number of alkyl halides is 2. The maximum Gasteiger partial charge on any atom is 0.247 e. The molecule has 0 rings (SSSR count). The first-order valence-corrected chi connectivity index (χ1v) is 4.91. The monoisotopic (exact) mass is 192 g/mol. The topological polar surface area (TPSA) is 17.1 Å². The van der Waals surface area contributed by atoms with Gasteiger partial charge in [0.15, 0.2) is 0 Å². The van der Waals surface area contributed by atoms with Crippen LogP contribution < -0.4 is 0 Å². The molecule has 78 valence electrons. The standard InChI is InChI=1S/C10H18F2O/c1-3-9(13)7-5-6-8-10(11,12)4-2/h3-8H2,1-2H3. The summed E-state index contributed by atoms with van der Waals surface area (Å²) in [6.45, 7) is 3.28. The van der Waals surface area contributed by atoms with Gasteiger partial charge in [-0.25, -0.2) is 8.78 Å². The molecule has 0 aliphatic heterocycles. The lowest BCUT2D eigenvalue weighted by molar-refractivity contribution is -0.119. The van der Waals surface area contributed by atoms with Gasteiger partial charge in [0.25, 0.3) is 0 Å². The second kappa shape index (κ2) is 6.06. The fraction of sp³-hybridized carbons (Fsp3) is 0.900. The van der Waals surface area contributed by atoms with E-state index in [1.165, 1.54) is 6.92 Å². The van der Waals surface area contributed by atoms with E-state index in [0.717, 1.165) is 0 Å². The molecule has 0 amide bonds. The van der Waals surface area contributed by atoms with Crippen molar-refractivity contribution < 1.29 is 13.6 Å². The van der Waals surface area contributed by atoms with Crippen LogP contribution in [0.25, 0.3) is 0 Å². The van der Waals surface area contributed by atoms with Crippen molar-refractivity contribution in [3.8, 4) is 0 Å². The maximum absolute atomic E-state index is 12.7. The van der Waals surface area contributed by atoms with Gasteiger partial charge in [-0.1, -0.05) is 13.8 Å². The third kappa shape index (κ3) is 6.67. The quantitative estimate of drug-likeness (QED) is 0.563. The number of hydrogen-bond donors (Lipinski definition) is 0. The summed E-state index contributed by atoms with van der Waals surface area (Å²) in [7, 11) is 0. The Morgan fingerprint density at radius 2 is 1.85 bits per heavy atom. The summed E-state index contributed by atoms with van der Waals surface area (Å²) < 4.78 is 25.3. The van der Waals surface area contributed by atoms with Crippen LogP contribution in [-0.2, 0) is 4.79 Å². The highest BCUT2D eigenvalue weighted by molar-refractivity contribution is 5.77. The number of hydrogen-bond acceptors (Lipinski definition) is 1. The van der Waals surface area contributed by atoms with Crippen molar-refractivity contribution in [3.05, 3.63) is 0 Å². The van der Waals surface area contributed by atoms with Gasteiger partial charge in [0.2, 0.25) is 5.92 Å². The molecule has 0 aliphatic carbocycles. The zero-order chi connectivity index (χ0) is 10.3. The predicted octanol–water partition coefficient (Wildman–Crippen LogP) is 3.57. The Labute approximate surface area is 78.5 Å². The van der Waals surface area contributed by atoms with Gasteiger partial charge in [-0.3, -0.25) is 4.79 Å². The van der Waals surface area contributed by atoms with Crippen LogP contribution in [-0.4, -0.2) is 11.7 Å². The normalized spacial score (nSPS) is 11.7. The lowest BCUT2D eigenvalue weighted by Crippen LogP contribution is -2.13. The largest absolute Gasteiger partial charge is 0.300 e. The second-order valence-electron chi connectivity index (χ2n) is 3.31. The first-order valence-electron chi connectivity index (χ1n) is 4.91. The van der Waals surface area contributed by atoms with Gasteiger partial charge in [0.1, 0.15) is 5.78 Å². The summed E-state index contributed by atoms with van der Waals surface area (Å²) in [6, 6.07) is 0. The first kappa shape index (κ1) is 12.5. The summed E-state index contributed by atoms with van der Waals surface area (Å²) in [5.74, 6) is -2.37. The molecule has 0 unspecified atom stereocenters. The molecule has 0 aromatic carbocycles. The van der Waals surface area contributed by atoms with Gasteiger partial charge in [-0.05, 0) is 12.8 Å². The van der Waals surface area contributed by atoms with Crippen molar-refractivity contribution in [2.24, 2.45) is 0 Å². The van der Waals surface area contributed by atoms with Crippen LogP contribution in [0, 0.1) is 0 Å². The van der Waals surface area contributed by atoms with Crippen molar-refractivity contribution >= 4 is 5.78 Å². The van der Waals surface area contributed by atoms with Crippen LogP contribution in [0.15, 0.2) is 0 Å². The van der Waals surface area contributed by atoms with E-state index in [4.69, 9.17) is 0 Å². The van der Waals surface area contributed by atoms with Crippen molar-refractivity contribution in [3.63, 3.8) is 0 Å². The Hall–Kier alpha value is -0.470. The van der Waals surface area contributed by atoms with Gasteiger partial charge < -0.3 is 0 Å². The van der Waals surface area contributed by atoms with E-state index >= 15 is 0 Å². The minimum absolute atomic E-state index is 0.0828. The van der Waals surface area contributed by atoms with E-state index in [9.17, 15) is 13.6 Å². The summed E-state index contributed by atoms with van der Waals surface area (Å²) >= 11 is 0. The van der Waals surface area contributed by atoms with Crippen molar-refractivity contribution in [2.45, 2.75) is 58.3 Å². The second-order valence-corrected chi connectivity index (χ2v) is 3.31. The lowest BCUT2D eigenvalue weighted by atomic mass is 10.1. The fourth-order valence-corrected chi connectivity index (χ4v) is 1.06. The molecule has 0 heterocycles. The predicted molar refractivity (Wildman–Crippen MR) is 49.0 cm³/mol. The third-order valence-corrected chi connectivity index (χ3v) is 2.16. The van der Waals surface area contributed by atoms with Crippen molar-refractivity contribution in [2.75, 3.05) is 0 Å². The highest BCUT2D eigenvalue weighted by Crippen LogP contribution is 2.24. The molecule has 0 aromatic rings. The third-order valence-electron chi connectivity index (χ3n) is 2.16. The average Bonchev–Trinajstić information content (AvgIpc) is 2.12. The van der Waals surface area contributed by atoms with Crippen LogP contribution >= 0.6 is 0 Å². The molecule has 0 aromatic heterocycles. The van der Waals surface area contributed by atoms with Crippen molar-refractivity contribution in [1.82, 2.24) is 0 Å². The molecule has 1 nitrogen and oxygen atoms in total. The summed E-state index contributed by atoms with van der Waals surface area (Å²) in [4.78, 5) is 10.8. The highest BCUT2D eigenvalue weighted by atomic mass is 19.3. The number of carbonyl (C=O) groups is 1. The molecule has 0 radical (unpaired) electrons. The van der Waals surface area contributed by atoms with Crippen LogP contribution in [0.2, 0.25) is 0 Å². The first-order chi connectivity index (χ1) is 6.02. The summed E-state index contributed by atoms with van der Waals surface area (Å²) in [6.07, 6.45) is 1.84. The van der Waals surface area contributed by atoms with E-state index in [-0.39, 0.29) is 18.6 Å². The Morgan fingerprint density at radius 1 is 1.23 bits per heavy atom. The minimum Gasteiger partial charge on any atom is -0.300 e. The molecule has 0 N–H and O–H groups in total. The maximum atomic E-state index is 12.7. The van der Waals surface area contributed by atoms with E-state index in [0.29, 0.717) is 25.7 Å². The SMILES string of the molecule is CCC(=O)CCCCC(F)(F)CC. The average molecular weight is 192 g/mol. The zero-order valence-electron chi connectivity index (χ0n) is 8.41. The molecule has 0 fully saturated rings. The van der Waals surface area contributed by atoms with Gasteiger partial charge in [0.05, 0.1) is 0 Å². The van der Waals surface area contributed by atoms with Crippen LogP contribution in [0.3, 0.4) is 0 Å². The number of ketones is 1. The molecular weight excluding hydrogens is 174 g/mol. The molecular formula is C10H18F2O. The summed E-state index contributed by atoms with van der Waals surface area (Å²) in [5.41, 5.74) is 0. The summed E-state index contributed by atoms with van der Waals surface area (Å²) in [5, 5.41) is 0. The molecule has 0 aliphatic rings.